The van der Waals surface area contributed by atoms with Gasteiger partial charge in [0.1, 0.15) is 5.69 Å². The van der Waals surface area contributed by atoms with Crippen LogP contribution in [0, 0.1) is 6.42 Å². The molecule has 2 rings (SSSR count). The molecule has 1 aliphatic rings. The number of amides is 1. The first-order valence-electron chi connectivity index (χ1n) is 4.50. The van der Waals surface area contributed by atoms with Crippen LogP contribution in [-0.4, -0.2) is 10.9 Å². The summed E-state index contributed by atoms with van der Waals surface area (Å²) in [4.78, 5) is 15.1. The molecule has 1 amide bonds. The fourth-order valence-corrected chi connectivity index (χ4v) is 2.25. The lowest BCUT2D eigenvalue weighted by molar-refractivity contribution is 0.0995. The van der Waals surface area contributed by atoms with Gasteiger partial charge >= 0.3 is 0 Å². The van der Waals surface area contributed by atoms with Crippen LogP contribution in [-0.2, 0) is 6.42 Å². The molecular weight excluding hydrogens is 244 g/mol. The monoisotopic (exact) mass is 253 g/mol. The lowest BCUT2D eigenvalue weighted by atomic mass is 9.91. The highest BCUT2D eigenvalue weighted by molar-refractivity contribution is 9.10. The van der Waals surface area contributed by atoms with E-state index in [-0.39, 0.29) is 0 Å². The lowest BCUT2D eigenvalue weighted by Crippen LogP contribution is -2.18. The number of halogens is 1. The van der Waals surface area contributed by atoms with Crippen LogP contribution in [0.15, 0.2) is 10.7 Å². The fraction of sp³-hybridized carbons (Fsp3) is 0.300. The molecule has 3 nitrogen and oxygen atoms in total. The van der Waals surface area contributed by atoms with E-state index < -0.39 is 5.91 Å². The van der Waals surface area contributed by atoms with Gasteiger partial charge in [-0.15, -0.1) is 0 Å². The Morgan fingerprint density at radius 1 is 1.57 bits per heavy atom. The maximum absolute atomic E-state index is 11.1. The average molecular weight is 254 g/mol. The number of nitrogens with two attached hydrogens (primary N) is 1. The van der Waals surface area contributed by atoms with Crippen molar-refractivity contribution < 1.29 is 4.79 Å². The molecule has 73 valence electrons. The minimum absolute atomic E-state index is 0.392. The highest BCUT2D eigenvalue weighted by Gasteiger charge is 2.19. The summed E-state index contributed by atoms with van der Waals surface area (Å²) in [5.41, 5.74) is 7.71. The van der Waals surface area contributed by atoms with Crippen LogP contribution in [0.5, 0.6) is 0 Å². The highest BCUT2D eigenvalue weighted by atomic mass is 79.9. The molecule has 0 unspecified atom stereocenters. The van der Waals surface area contributed by atoms with E-state index in [9.17, 15) is 4.79 Å². The molecule has 14 heavy (non-hydrogen) atoms. The molecule has 0 saturated heterocycles. The molecule has 0 atom stereocenters. The molecule has 2 N–H and O–H groups in total. The van der Waals surface area contributed by atoms with Crippen molar-refractivity contribution in [2.45, 2.75) is 19.3 Å². The Hall–Kier alpha value is -0.900. The number of hydrogen-bond acceptors (Lipinski definition) is 2. The minimum atomic E-state index is -0.452. The van der Waals surface area contributed by atoms with Crippen molar-refractivity contribution in [1.29, 1.82) is 0 Å². The molecule has 1 aromatic heterocycles. The van der Waals surface area contributed by atoms with Crippen LogP contribution in [0.2, 0.25) is 0 Å². The van der Waals surface area contributed by atoms with E-state index in [0.717, 1.165) is 34.9 Å². The van der Waals surface area contributed by atoms with E-state index in [2.05, 4.69) is 20.9 Å². The molecule has 0 fully saturated rings. The summed E-state index contributed by atoms with van der Waals surface area (Å²) in [6, 6.07) is 0. The minimum Gasteiger partial charge on any atom is -0.364 e. The van der Waals surface area contributed by atoms with Crippen LogP contribution in [0.4, 0.5) is 0 Å². The number of carbonyl (C=O) groups is 1. The maximum atomic E-state index is 11.1. The van der Waals surface area contributed by atoms with Crippen LogP contribution < -0.4 is 5.73 Å². The fourth-order valence-electron chi connectivity index (χ4n) is 1.74. The SMILES string of the molecule is NC(=O)c1ncc(Br)c2c1[CH]CCC2. The Balaban J connectivity index is 2.59. The molecule has 0 aromatic carbocycles. The maximum Gasteiger partial charge on any atom is 0.267 e. The van der Waals surface area contributed by atoms with Gasteiger partial charge < -0.3 is 5.73 Å². The standard InChI is InChI=1S/C10H10BrN2O/c11-8-5-13-9(10(12)14)7-4-2-1-3-6(7)8/h4-5H,1-3H2,(H2,12,14). The van der Waals surface area contributed by atoms with Gasteiger partial charge in [-0.3, -0.25) is 4.79 Å². The predicted molar refractivity (Wildman–Crippen MR) is 56.8 cm³/mol. The van der Waals surface area contributed by atoms with Crippen molar-refractivity contribution in [3.8, 4) is 0 Å². The summed E-state index contributed by atoms with van der Waals surface area (Å²) in [6.07, 6.45) is 6.78. The van der Waals surface area contributed by atoms with Gasteiger partial charge in [0.05, 0.1) is 0 Å². The number of hydrogen-bond donors (Lipinski definition) is 1. The van der Waals surface area contributed by atoms with Gasteiger partial charge in [0.25, 0.3) is 5.91 Å². The lowest BCUT2D eigenvalue weighted by Gasteiger charge is -2.18. The smallest absolute Gasteiger partial charge is 0.267 e. The van der Waals surface area contributed by atoms with Gasteiger partial charge in [-0.1, -0.05) is 0 Å². The molecule has 4 heteroatoms. The van der Waals surface area contributed by atoms with Crippen molar-refractivity contribution in [1.82, 2.24) is 4.98 Å². The van der Waals surface area contributed by atoms with Crippen molar-refractivity contribution in [3.05, 3.63) is 33.9 Å². The normalized spacial score (nSPS) is 14.9. The van der Waals surface area contributed by atoms with Gasteiger partial charge in [-0.05, 0) is 52.7 Å². The van der Waals surface area contributed by atoms with Crippen molar-refractivity contribution in [2.24, 2.45) is 5.73 Å². The zero-order chi connectivity index (χ0) is 10.1. The number of pyridine rings is 1. The van der Waals surface area contributed by atoms with E-state index >= 15 is 0 Å². The zero-order valence-corrected chi connectivity index (χ0v) is 9.17. The Morgan fingerprint density at radius 2 is 2.36 bits per heavy atom. The predicted octanol–water partition coefficient (Wildman–Crippen LogP) is 1.83. The molecule has 0 saturated carbocycles. The first kappa shape index (κ1) is 9.65. The number of primary amides is 1. The van der Waals surface area contributed by atoms with Crippen molar-refractivity contribution in [3.63, 3.8) is 0 Å². The number of nitrogens with zero attached hydrogens (tertiary/aromatic N) is 1. The van der Waals surface area contributed by atoms with Crippen LogP contribution in [0.3, 0.4) is 0 Å². The second kappa shape index (κ2) is 3.69. The summed E-state index contributed by atoms with van der Waals surface area (Å²) >= 11 is 3.43. The molecule has 1 aliphatic carbocycles. The quantitative estimate of drug-likeness (QED) is 0.831. The third-order valence-electron chi connectivity index (χ3n) is 2.39. The van der Waals surface area contributed by atoms with Crippen molar-refractivity contribution in [2.75, 3.05) is 0 Å². The largest absolute Gasteiger partial charge is 0.364 e. The van der Waals surface area contributed by atoms with Crippen LogP contribution in [0.1, 0.15) is 34.5 Å². The third-order valence-corrected chi connectivity index (χ3v) is 3.07. The van der Waals surface area contributed by atoms with E-state index in [1.54, 1.807) is 6.20 Å². The molecule has 1 aromatic rings. The summed E-state index contributed by atoms with van der Waals surface area (Å²) in [6.45, 7) is 0. The van der Waals surface area contributed by atoms with Gasteiger partial charge in [-0.2, -0.15) is 0 Å². The Labute approximate surface area is 90.8 Å². The Morgan fingerprint density at radius 3 is 3.07 bits per heavy atom. The average Bonchev–Trinajstić information content (AvgIpc) is 2.18. The summed E-state index contributed by atoms with van der Waals surface area (Å²) in [5, 5.41) is 0. The molecule has 0 aliphatic heterocycles. The highest BCUT2D eigenvalue weighted by Crippen LogP contribution is 2.30. The number of fused-ring (bicyclic) bond motifs is 1. The van der Waals surface area contributed by atoms with E-state index in [1.165, 1.54) is 0 Å². The topological polar surface area (TPSA) is 56.0 Å². The number of rotatable bonds is 1. The second-order valence-corrected chi connectivity index (χ2v) is 4.16. The Kier molecular flexibility index (Phi) is 2.54. The van der Waals surface area contributed by atoms with E-state index in [1.807, 2.05) is 6.42 Å². The van der Waals surface area contributed by atoms with Gasteiger partial charge in [0.2, 0.25) is 0 Å². The van der Waals surface area contributed by atoms with Gasteiger partial charge in [-0.25, -0.2) is 4.98 Å². The number of aromatic nitrogens is 1. The molecule has 0 bridgehead atoms. The van der Waals surface area contributed by atoms with Crippen LogP contribution in [0.25, 0.3) is 0 Å². The third kappa shape index (κ3) is 1.54. The summed E-state index contributed by atoms with van der Waals surface area (Å²) in [7, 11) is 0. The van der Waals surface area contributed by atoms with Crippen LogP contribution >= 0.6 is 15.9 Å². The van der Waals surface area contributed by atoms with Gasteiger partial charge in [0.15, 0.2) is 0 Å². The molecule has 0 spiro atoms. The Bertz CT molecular complexity index is 390. The van der Waals surface area contributed by atoms with Crippen molar-refractivity contribution >= 4 is 21.8 Å². The molecular formula is C10H10BrN2O. The first-order valence-corrected chi connectivity index (χ1v) is 5.30. The first-order chi connectivity index (χ1) is 6.70. The zero-order valence-electron chi connectivity index (χ0n) is 7.59. The van der Waals surface area contributed by atoms with Gasteiger partial charge in [0, 0.05) is 10.7 Å². The summed E-state index contributed by atoms with van der Waals surface area (Å²) in [5.74, 6) is -0.452. The molecule has 1 heterocycles. The molecule has 1 radical (unpaired) electrons. The number of carbonyl (C=O) groups excluding carboxylic acids is 1. The summed E-state index contributed by atoms with van der Waals surface area (Å²) < 4.78 is 0.966. The van der Waals surface area contributed by atoms with E-state index in [0.29, 0.717) is 5.69 Å². The second-order valence-electron chi connectivity index (χ2n) is 3.31. The van der Waals surface area contributed by atoms with E-state index in [4.69, 9.17) is 5.73 Å².